The van der Waals surface area contributed by atoms with Crippen molar-refractivity contribution in [2.24, 2.45) is 7.05 Å². The normalized spacial score (nSPS) is 12.1. The van der Waals surface area contributed by atoms with Gasteiger partial charge in [0.1, 0.15) is 0 Å². The topological polar surface area (TPSA) is 74.7 Å². The molecule has 0 fully saturated rings. The largest absolute Gasteiger partial charge is 0.354 e. The van der Waals surface area contributed by atoms with E-state index >= 15 is 0 Å². The Kier molecular flexibility index (Phi) is 5.63. The van der Waals surface area contributed by atoms with Gasteiger partial charge >= 0.3 is 6.03 Å². The molecule has 0 saturated carbocycles. The summed E-state index contributed by atoms with van der Waals surface area (Å²) in [4.78, 5) is 11.9. The summed E-state index contributed by atoms with van der Waals surface area (Å²) in [5, 5.41) is 12.9. The molecule has 0 aromatic carbocycles. The Bertz CT molecular complexity index is 601. The van der Waals surface area contributed by atoms with Gasteiger partial charge in [0.05, 0.1) is 17.9 Å². The van der Waals surface area contributed by atoms with E-state index in [0.717, 1.165) is 30.7 Å². The molecule has 0 bridgehead atoms. The van der Waals surface area contributed by atoms with Crippen LogP contribution in [0.25, 0.3) is 0 Å². The van der Waals surface area contributed by atoms with Crippen molar-refractivity contribution in [2.75, 3.05) is 0 Å². The highest BCUT2D eigenvalue weighted by Crippen LogP contribution is 2.05. The average molecular weight is 303 g/mol. The third kappa shape index (κ3) is 4.65. The first kappa shape index (κ1) is 16.1. The molecule has 6 heteroatoms. The summed E-state index contributed by atoms with van der Waals surface area (Å²) in [5.41, 5.74) is 3.20. The fourth-order valence-electron chi connectivity index (χ4n) is 2.32. The summed E-state index contributed by atoms with van der Waals surface area (Å²) in [6.07, 6.45) is 4.79. The maximum atomic E-state index is 11.9. The SMILES string of the molecule is CCc1cc(CNC(=O)NC(C)CCc2cccn2C)[nH]n1. The number of nitrogens with zero attached hydrogens (tertiary/aromatic N) is 2. The zero-order valence-corrected chi connectivity index (χ0v) is 13.5. The molecule has 0 aliphatic carbocycles. The van der Waals surface area contributed by atoms with Gasteiger partial charge in [-0.05, 0) is 44.4 Å². The van der Waals surface area contributed by atoms with Crippen LogP contribution in [0.4, 0.5) is 4.79 Å². The third-order valence-electron chi connectivity index (χ3n) is 3.75. The minimum atomic E-state index is -0.146. The van der Waals surface area contributed by atoms with Gasteiger partial charge in [0.25, 0.3) is 0 Å². The fourth-order valence-corrected chi connectivity index (χ4v) is 2.32. The molecule has 0 radical (unpaired) electrons. The van der Waals surface area contributed by atoms with Gasteiger partial charge in [0.2, 0.25) is 0 Å². The van der Waals surface area contributed by atoms with E-state index < -0.39 is 0 Å². The molecule has 2 amide bonds. The molecule has 0 aliphatic rings. The number of aromatic nitrogens is 3. The molecule has 1 unspecified atom stereocenters. The van der Waals surface area contributed by atoms with E-state index in [9.17, 15) is 4.79 Å². The summed E-state index contributed by atoms with van der Waals surface area (Å²) in [5.74, 6) is 0. The van der Waals surface area contributed by atoms with Crippen LogP contribution in [-0.4, -0.2) is 26.8 Å². The predicted octanol–water partition coefficient (Wildman–Crippen LogP) is 2.13. The number of urea groups is 1. The van der Waals surface area contributed by atoms with Gasteiger partial charge in [-0.25, -0.2) is 4.79 Å². The third-order valence-corrected chi connectivity index (χ3v) is 3.75. The molecular weight excluding hydrogens is 278 g/mol. The Morgan fingerprint density at radius 1 is 1.50 bits per heavy atom. The number of H-pyrrole nitrogens is 1. The highest BCUT2D eigenvalue weighted by molar-refractivity contribution is 5.74. The second-order valence-corrected chi connectivity index (χ2v) is 5.62. The summed E-state index contributed by atoms with van der Waals surface area (Å²) in [6.45, 7) is 4.53. The van der Waals surface area contributed by atoms with Gasteiger partial charge in [-0.2, -0.15) is 5.10 Å². The van der Waals surface area contributed by atoms with Crippen molar-refractivity contribution in [3.8, 4) is 0 Å². The quantitative estimate of drug-likeness (QED) is 0.733. The minimum Gasteiger partial charge on any atom is -0.354 e. The number of hydrogen-bond donors (Lipinski definition) is 3. The smallest absolute Gasteiger partial charge is 0.315 e. The van der Waals surface area contributed by atoms with Gasteiger partial charge in [0.15, 0.2) is 0 Å². The zero-order valence-electron chi connectivity index (χ0n) is 13.5. The molecule has 22 heavy (non-hydrogen) atoms. The molecule has 3 N–H and O–H groups in total. The van der Waals surface area contributed by atoms with Crippen LogP contribution in [0.5, 0.6) is 0 Å². The first-order valence-corrected chi connectivity index (χ1v) is 7.76. The Hall–Kier alpha value is -2.24. The van der Waals surface area contributed by atoms with E-state index in [-0.39, 0.29) is 12.1 Å². The molecular formula is C16H25N5O. The average Bonchev–Trinajstić information content (AvgIpc) is 3.11. The molecule has 0 saturated heterocycles. The number of aryl methyl sites for hydroxylation is 3. The van der Waals surface area contributed by atoms with Crippen molar-refractivity contribution in [1.82, 2.24) is 25.4 Å². The molecule has 2 aromatic heterocycles. The maximum Gasteiger partial charge on any atom is 0.315 e. The van der Waals surface area contributed by atoms with Crippen molar-refractivity contribution < 1.29 is 4.79 Å². The van der Waals surface area contributed by atoms with Crippen LogP contribution >= 0.6 is 0 Å². The van der Waals surface area contributed by atoms with Gasteiger partial charge in [-0.15, -0.1) is 0 Å². The molecule has 2 heterocycles. The van der Waals surface area contributed by atoms with Crippen molar-refractivity contribution >= 4 is 6.03 Å². The molecule has 0 aliphatic heterocycles. The second-order valence-electron chi connectivity index (χ2n) is 5.62. The fraction of sp³-hybridized carbons (Fsp3) is 0.500. The first-order valence-electron chi connectivity index (χ1n) is 7.76. The van der Waals surface area contributed by atoms with E-state index in [0.29, 0.717) is 6.54 Å². The van der Waals surface area contributed by atoms with Crippen LogP contribution in [-0.2, 0) is 26.4 Å². The van der Waals surface area contributed by atoms with Crippen LogP contribution in [0.15, 0.2) is 24.4 Å². The Labute approximate surface area is 131 Å². The van der Waals surface area contributed by atoms with Crippen LogP contribution < -0.4 is 10.6 Å². The maximum absolute atomic E-state index is 11.9. The Morgan fingerprint density at radius 2 is 2.32 bits per heavy atom. The van der Waals surface area contributed by atoms with E-state index in [4.69, 9.17) is 0 Å². The number of rotatable bonds is 7. The number of hydrogen-bond acceptors (Lipinski definition) is 2. The number of aromatic amines is 1. The number of nitrogens with one attached hydrogen (secondary N) is 3. The zero-order chi connectivity index (χ0) is 15.9. The minimum absolute atomic E-state index is 0.128. The van der Waals surface area contributed by atoms with Gasteiger partial charge in [-0.1, -0.05) is 6.92 Å². The van der Waals surface area contributed by atoms with Crippen molar-refractivity contribution in [2.45, 2.75) is 45.7 Å². The van der Waals surface area contributed by atoms with Crippen LogP contribution in [0.2, 0.25) is 0 Å². The molecule has 1 atom stereocenters. The molecule has 0 spiro atoms. The van der Waals surface area contributed by atoms with Crippen LogP contribution in [0, 0.1) is 0 Å². The van der Waals surface area contributed by atoms with E-state index in [1.165, 1.54) is 5.69 Å². The van der Waals surface area contributed by atoms with Gasteiger partial charge in [-0.3, -0.25) is 5.10 Å². The molecule has 120 valence electrons. The van der Waals surface area contributed by atoms with Crippen molar-refractivity contribution in [3.63, 3.8) is 0 Å². The van der Waals surface area contributed by atoms with Crippen LogP contribution in [0.3, 0.4) is 0 Å². The lowest BCUT2D eigenvalue weighted by Crippen LogP contribution is -2.40. The summed E-state index contributed by atoms with van der Waals surface area (Å²) < 4.78 is 2.11. The monoisotopic (exact) mass is 303 g/mol. The molecule has 2 rings (SSSR count). The second kappa shape index (κ2) is 7.68. The summed E-state index contributed by atoms with van der Waals surface area (Å²) >= 11 is 0. The number of carbonyl (C=O) groups is 1. The standard InChI is InChI=1S/C16H25N5O/c1-4-13-10-14(20-19-13)11-17-16(22)18-12(2)7-8-15-6-5-9-21(15)3/h5-6,9-10,12H,4,7-8,11H2,1-3H3,(H,19,20)(H2,17,18,22). The van der Waals surface area contributed by atoms with Crippen LogP contribution in [0.1, 0.15) is 37.4 Å². The summed E-state index contributed by atoms with van der Waals surface area (Å²) in [7, 11) is 2.04. The molecule has 2 aromatic rings. The van der Waals surface area contributed by atoms with Gasteiger partial charge < -0.3 is 15.2 Å². The number of amides is 2. The predicted molar refractivity (Wildman–Crippen MR) is 86.5 cm³/mol. The Balaban J connectivity index is 1.68. The van der Waals surface area contributed by atoms with Gasteiger partial charge in [0, 0.05) is 25.0 Å². The lowest BCUT2D eigenvalue weighted by Gasteiger charge is -2.14. The Morgan fingerprint density at radius 3 is 2.95 bits per heavy atom. The highest BCUT2D eigenvalue weighted by atomic mass is 16.2. The highest BCUT2D eigenvalue weighted by Gasteiger charge is 2.08. The van der Waals surface area contributed by atoms with Crippen molar-refractivity contribution in [1.29, 1.82) is 0 Å². The number of carbonyl (C=O) groups excluding carboxylic acids is 1. The van der Waals surface area contributed by atoms with E-state index in [1.54, 1.807) is 0 Å². The summed E-state index contributed by atoms with van der Waals surface area (Å²) in [6, 6.07) is 6.10. The first-order chi connectivity index (χ1) is 10.6. The van der Waals surface area contributed by atoms with Crippen molar-refractivity contribution in [3.05, 3.63) is 41.5 Å². The lowest BCUT2D eigenvalue weighted by molar-refractivity contribution is 0.236. The lowest BCUT2D eigenvalue weighted by atomic mass is 10.1. The van der Waals surface area contributed by atoms with E-state index in [1.807, 2.05) is 32.3 Å². The van der Waals surface area contributed by atoms with E-state index in [2.05, 4.69) is 38.4 Å². The molecule has 6 nitrogen and oxygen atoms in total.